The second-order valence-electron chi connectivity index (χ2n) is 5.77. The summed E-state index contributed by atoms with van der Waals surface area (Å²) < 4.78 is 10.8. The van der Waals surface area contributed by atoms with Gasteiger partial charge >= 0.3 is 5.97 Å². The Bertz CT molecular complexity index is 321. The molecule has 21 heavy (non-hydrogen) atoms. The van der Waals surface area contributed by atoms with Crippen molar-refractivity contribution in [3.63, 3.8) is 0 Å². The van der Waals surface area contributed by atoms with Crippen LogP contribution in [0.3, 0.4) is 0 Å². The fourth-order valence-corrected chi connectivity index (χ4v) is 3.17. The summed E-state index contributed by atoms with van der Waals surface area (Å²) in [6.45, 7) is 6.48. The van der Waals surface area contributed by atoms with Crippen molar-refractivity contribution in [3.05, 3.63) is 0 Å². The van der Waals surface area contributed by atoms with Crippen LogP contribution in [0.15, 0.2) is 0 Å². The van der Waals surface area contributed by atoms with Crippen LogP contribution in [0.5, 0.6) is 0 Å². The van der Waals surface area contributed by atoms with Crippen molar-refractivity contribution < 1.29 is 19.1 Å². The predicted molar refractivity (Wildman–Crippen MR) is 82.0 cm³/mol. The number of carbonyl (C=O) groups excluding carboxylic acids is 2. The van der Waals surface area contributed by atoms with Gasteiger partial charge in [-0.1, -0.05) is 32.6 Å². The molecular weight excluding hydrogens is 268 g/mol. The Kier molecular flexibility index (Phi) is 8.58. The second kappa shape index (κ2) is 9.93. The Morgan fingerprint density at radius 2 is 1.71 bits per heavy atom. The lowest BCUT2D eigenvalue weighted by Crippen LogP contribution is -2.41. The molecule has 2 unspecified atom stereocenters. The third-order valence-corrected chi connectivity index (χ3v) is 4.20. The molecule has 0 bridgehead atoms. The zero-order chi connectivity index (χ0) is 15.7. The summed E-state index contributed by atoms with van der Waals surface area (Å²) in [4.78, 5) is 24.9. The van der Waals surface area contributed by atoms with Gasteiger partial charge in [0.1, 0.15) is 12.0 Å². The van der Waals surface area contributed by atoms with Crippen LogP contribution in [-0.2, 0) is 19.1 Å². The molecule has 0 N–H and O–H groups in total. The van der Waals surface area contributed by atoms with Gasteiger partial charge in [-0.25, -0.2) is 0 Å². The first-order valence-electron chi connectivity index (χ1n) is 8.47. The standard InChI is InChI=1S/C17H30O4/c1-4-10-14(17(19)21-6-3)15(18)16(20-5-2)13-11-8-7-9-12-13/h13-14,16H,4-12H2,1-3H3. The molecule has 0 radical (unpaired) electrons. The Labute approximate surface area is 128 Å². The molecule has 0 aromatic carbocycles. The minimum atomic E-state index is -0.659. The molecule has 0 heterocycles. The fraction of sp³-hybridized carbons (Fsp3) is 0.882. The summed E-state index contributed by atoms with van der Waals surface area (Å²) in [6.07, 6.45) is 6.50. The normalized spacial score (nSPS) is 19.0. The highest BCUT2D eigenvalue weighted by Crippen LogP contribution is 2.30. The highest BCUT2D eigenvalue weighted by atomic mass is 16.5. The molecule has 1 aliphatic rings. The van der Waals surface area contributed by atoms with Gasteiger partial charge in [0.15, 0.2) is 5.78 Å². The third-order valence-electron chi connectivity index (χ3n) is 4.20. The van der Waals surface area contributed by atoms with E-state index in [2.05, 4.69) is 0 Å². The summed E-state index contributed by atoms with van der Waals surface area (Å²) in [7, 11) is 0. The molecule has 122 valence electrons. The van der Waals surface area contributed by atoms with Crippen molar-refractivity contribution in [3.8, 4) is 0 Å². The molecule has 0 amide bonds. The molecule has 4 nitrogen and oxygen atoms in total. The minimum absolute atomic E-state index is 0.0657. The second-order valence-corrected chi connectivity index (χ2v) is 5.77. The first-order chi connectivity index (χ1) is 10.2. The van der Waals surface area contributed by atoms with Crippen molar-refractivity contribution in [2.24, 2.45) is 11.8 Å². The van der Waals surface area contributed by atoms with Crippen molar-refractivity contribution >= 4 is 11.8 Å². The molecule has 4 heteroatoms. The van der Waals surface area contributed by atoms with Crippen LogP contribution in [0.4, 0.5) is 0 Å². The van der Waals surface area contributed by atoms with Crippen LogP contribution in [0.1, 0.15) is 65.7 Å². The Morgan fingerprint density at radius 3 is 2.24 bits per heavy atom. The van der Waals surface area contributed by atoms with E-state index in [-0.39, 0.29) is 17.7 Å². The van der Waals surface area contributed by atoms with Crippen molar-refractivity contribution in [1.29, 1.82) is 0 Å². The number of ether oxygens (including phenoxy) is 2. The molecule has 2 atom stereocenters. The summed E-state index contributed by atoms with van der Waals surface area (Å²) in [5.41, 5.74) is 0. The molecule has 1 aliphatic carbocycles. The Morgan fingerprint density at radius 1 is 1.05 bits per heavy atom. The van der Waals surface area contributed by atoms with E-state index in [1.807, 2.05) is 13.8 Å². The van der Waals surface area contributed by atoms with Crippen molar-refractivity contribution in [2.45, 2.75) is 71.8 Å². The maximum absolute atomic E-state index is 12.8. The largest absolute Gasteiger partial charge is 0.465 e. The Balaban J connectivity index is 2.81. The number of carbonyl (C=O) groups is 2. The molecule has 0 aromatic rings. The van der Waals surface area contributed by atoms with Gasteiger partial charge in [0.05, 0.1) is 6.61 Å². The average Bonchev–Trinajstić information content (AvgIpc) is 2.50. The van der Waals surface area contributed by atoms with Crippen LogP contribution in [0.2, 0.25) is 0 Å². The van der Waals surface area contributed by atoms with Crippen molar-refractivity contribution in [1.82, 2.24) is 0 Å². The molecule has 1 saturated carbocycles. The van der Waals surface area contributed by atoms with E-state index in [9.17, 15) is 9.59 Å². The number of esters is 1. The van der Waals surface area contributed by atoms with Crippen LogP contribution < -0.4 is 0 Å². The first-order valence-corrected chi connectivity index (χ1v) is 8.47. The van der Waals surface area contributed by atoms with Crippen LogP contribution >= 0.6 is 0 Å². The van der Waals surface area contributed by atoms with E-state index >= 15 is 0 Å². The lowest BCUT2D eigenvalue weighted by Gasteiger charge is -2.30. The molecule has 0 aliphatic heterocycles. The predicted octanol–water partition coefficient (Wildman–Crippen LogP) is 3.52. The van der Waals surface area contributed by atoms with E-state index < -0.39 is 12.0 Å². The van der Waals surface area contributed by atoms with Gasteiger partial charge in [-0.2, -0.15) is 0 Å². The smallest absolute Gasteiger partial charge is 0.316 e. The lowest BCUT2D eigenvalue weighted by molar-refractivity contribution is -0.157. The topological polar surface area (TPSA) is 52.6 Å². The van der Waals surface area contributed by atoms with E-state index in [1.54, 1.807) is 6.92 Å². The molecule has 1 rings (SSSR count). The van der Waals surface area contributed by atoms with Gasteiger partial charge in [0, 0.05) is 6.61 Å². The average molecular weight is 298 g/mol. The van der Waals surface area contributed by atoms with Crippen LogP contribution in [-0.4, -0.2) is 31.1 Å². The van der Waals surface area contributed by atoms with Gasteiger partial charge in [-0.3, -0.25) is 9.59 Å². The van der Waals surface area contributed by atoms with Gasteiger partial charge in [0.2, 0.25) is 0 Å². The maximum Gasteiger partial charge on any atom is 0.316 e. The molecule has 0 aromatic heterocycles. The maximum atomic E-state index is 12.8. The monoisotopic (exact) mass is 298 g/mol. The molecule has 0 spiro atoms. The summed E-state index contributed by atoms with van der Waals surface area (Å²) in [5, 5.41) is 0. The van der Waals surface area contributed by atoms with E-state index in [0.717, 1.165) is 32.1 Å². The molecule has 0 saturated heterocycles. The van der Waals surface area contributed by atoms with E-state index in [1.165, 1.54) is 6.42 Å². The van der Waals surface area contributed by atoms with Gasteiger partial charge in [0.25, 0.3) is 0 Å². The number of ketones is 1. The van der Waals surface area contributed by atoms with Crippen LogP contribution in [0, 0.1) is 11.8 Å². The van der Waals surface area contributed by atoms with E-state index in [0.29, 0.717) is 19.6 Å². The Hall–Kier alpha value is -0.900. The first kappa shape index (κ1) is 18.1. The zero-order valence-electron chi connectivity index (χ0n) is 13.7. The zero-order valence-corrected chi connectivity index (χ0v) is 13.7. The number of rotatable bonds is 9. The number of Topliss-reactive ketones (excluding diaryl/α,β-unsaturated/α-hetero) is 1. The fourth-order valence-electron chi connectivity index (χ4n) is 3.17. The van der Waals surface area contributed by atoms with Gasteiger partial charge in [-0.15, -0.1) is 0 Å². The number of hydrogen-bond donors (Lipinski definition) is 0. The number of hydrogen-bond acceptors (Lipinski definition) is 4. The minimum Gasteiger partial charge on any atom is -0.465 e. The molecule has 1 fully saturated rings. The third kappa shape index (κ3) is 5.42. The van der Waals surface area contributed by atoms with E-state index in [4.69, 9.17) is 9.47 Å². The van der Waals surface area contributed by atoms with Crippen LogP contribution in [0.25, 0.3) is 0 Å². The molecular formula is C17H30O4. The highest BCUT2D eigenvalue weighted by Gasteiger charge is 2.37. The lowest BCUT2D eigenvalue weighted by atomic mass is 9.80. The summed E-state index contributed by atoms with van der Waals surface area (Å²) in [5.74, 6) is -0.845. The highest BCUT2D eigenvalue weighted by molar-refractivity contribution is 6.01. The van der Waals surface area contributed by atoms with Gasteiger partial charge < -0.3 is 9.47 Å². The SMILES string of the molecule is CCCC(C(=O)OCC)C(=O)C(OCC)C1CCCCC1. The summed E-state index contributed by atoms with van der Waals surface area (Å²) >= 11 is 0. The van der Waals surface area contributed by atoms with Gasteiger partial charge in [-0.05, 0) is 39.0 Å². The summed E-state index contributed by atoms with van der Waals surface area (Å²) in [6, 6.07) is 0. The quantitative estimate of drug-likeness (QED) is 0.483. The van der Waals surface area contributed by atoms with Crippen molar-refractivity contribution in [2.75, 3.05) is 13.2 Å².